The number of methoxy groups -OCH3 is 2. The molecule has 1 atom stereocenters. The summed E-state index contributed by atoms with van der Waals surface area (Å²) in [6, 6.07) is 0. The molecule has 0 saturated heterocycles. The maximum atomic E-state index is 12.0. The number of hydrogen-bond donors (Lipinski definition) is 1. The second kappa shape index (κ2) is 7.09. The Morgan fingerprint density at radius 3 is 2.35 bits per heavy atom. The molecular weight excluding hydrogens is 262 g/mol. The smallest absolute Gasteiger partial charge is 0.340 e. The summed E-state index contributed by atoms with van der Waals surface area (Å²) < 4.78 is 9.48. The first kappa shape index (κ1) is 16.2. The standard InChI is InChI=1S/C14H21NO5/c1-15(2)11-7-5-6-9(16)8-10(13(17)19-3)12(11)14(18)20-4/h8-9,16H,5-7H2,1-4H3/b10-8+,12-11-. The van der Waals surface area contributed by atoms with E-state index in [0.717, 1.165) is 0 Å². The van der Waals surface area contributed by atoms with E-state index in [1.807, 2.05) is 0 Å². The summed E-state index contributed by atoms with van der Waals surface area (Å²) in [4.78, 5) is 25.7. The van der Waals surface area contributed by atoms with Gasteiger partial charge in [-0.25, -0.2) is 9.59 Å². The summed E-state index contributed by atoms with van der Waals surface area (Å²) in [6.45, 7) is 0. The van der Waals surface area contributed by atoms with Gasteiger partial charge in [0.05, 0.1) is 31.5 Å². The van der Waals surface area contributed by atoms with Crippen molar-refractivity contribution in [3.8, 4) is 0 Å². The van der Waals surface area contributed by atoms with Crippen LogP contribution in [0, 0.1) is 0 Å². The van der Waals surface area contributed by atoms with E-state index in [0.29, 0.717) is 25.0 Å². The zero-order valence-electron chi connectivity index (χ0n) is 12.3. The lowest BCUT2D eigenvalue weighted by Crippen LogP contribution is -2.25. The van der Waals surface area contributed by atoms with E-state index in [4.69, 9.17) is 9.47 Å². The predicted octanol–water partition coefficient (Wildman–Crippen LogP) is 0.619. The summed E-state index contributed by atoms with van der Waals surface area (Å²) in [5.74, 6) is -1.27. The number of aliphatic hydroxyl groups is 1. The van der Waals surface area contributed by atoms with Gasteiger partial charge in [0.25, 0.3) is 0 Å². The lowest BCUT2D eigenvalue weighted by molar-refractivity contribution is -0.139. The van der Waals surface area contributed by atoms with E-state index >= 15 is 0 Å². The van der Waals surface area contributed by atoms with Crippen LogP contribution in [0.5, 0.6) is 0 Å². The lowest BCUT2D eigenvalue weighted by atomic mass is 9.94. The molecule has 0 heterocycles. The van der Waals surface area contributed by atoms with E-state index in [9.17, 15) is 14.7 Å². The molecule has 0 amide bonds. The Morgan fingerprint density at radius 2 is 1.85 bits per heavy atom. The van der Waals surface area contributed by atoms with Gasteiger partial charge in [-0.2, -0.15) is 0 Å². The zero-order valence-corrected chi connectivity index (χ0v) is 12.3. The fourth-order valence-corrected chi connectivity index (χ4v) is 2.18. The molecule has 6 heteroatoms. The van der Waals surface area contributed by atoms with Crippen LogP contribution in [-0.2, 0) is 19.1 Å². The minimum atomic E-state index is -0.785. The van der Waals surface area contributed by atoms with Crippen LogP contribution < -0.4 is 0 Å². The van der Waals surface area contributed by atoms with Crippen molar-refractivity contribution >= 4 is 11.9 Å². The van der Waals surface area contributed by atoms with Gasteiger partial charge in [-0.05, 0) is 25.3 Å². The average molecular weight is 283 g/mol. The Bertz CT molecular complexity index is 450. The normalized spacial score (nSPS) is 25.9. The fraction of sp³-hybridized carbons (Fsp3) is 0.571. The second-order valence-corrected chi connectivity index (χ2v) is 4.74. The molecule has 20 heavy (non-hydrogen) atoms. The lowest BCUT2D eigenvalue weighted by Gasteiger charge is -2.24. The van der Waals surface area contributed by atoms with Crippen LogP contribution in [0.2, 0.25) is 0 Å². The Kier molecular flexibility index (Phi) is 5.76. The van der Waals surface area contributed by atoms with Crippen LogP contribution >= 0.6 is 0 Å². The second-order valence-electron chi connectivity index (χ2n) is 4.74. The van der Waals surface area contributed by atoms with Crippen molar-refractivity contribution in [3.05, 3.63) is 22.9 Å². The maximum absolute atomic E-state index is 12.0. The van der Waals surface area contributed by atoms with Crippen molar-refractivity contribution in [2.75, 3.05) is 28.3 Å². The summed E-state index contributed by atoms with van der Waals surface area (Å²) in [5.41, 5.74) is 0.902. The maximum Gasteiger partial charge on any atom is 0.340 e. The number of aliphatic hydroxyl groups excluding tert-OH is 1. The minimum absolute atomic E-state index is 0.0512. The van der Waals surface area contributed by atoms with Gasteiger partial charge in [0, 0.05) is 19.8 Å². The van der Waals surface area contributed by atoms with Crippen molar-refractivity contribution in [1.29, 1.82) is 0 Å². The van der Waals surface area contributed by atoms with Crippen LogP contribution in [0.1, 0.15) is 19.3 Å². The number of hydrogen-bond acceptors (Lipinski definition) is 6. The van der Waals surface area contributed by atoms with Crippen LogP contribution in [0.3, 0.4) is 0 Å². The molecule has 0 aliphatic heterocycles. The van der Waals surface area contributed by atoms with Gasteiger partial charge >= 0.3 is 11.9 Å². The van der Waals surface area contributed by atoms with E-state index in [-0.39, 0.29) is 11.1 Å². The summed E-state index contributed by atoms with van der Waals surface area (Å²) in [5, 5.41) is 9.85. The highest BCUT2D eigenvalue weighted by molar-refractivity contribution is 6.07. The van der Waals surface area contributed by atoms with E-state index in [1.165, 1.54) is 20.3 Å². The average Bonchev–Trinajstić information content (AvgIpc) is 2.40. The van der Waals surface area contributed by atoms with E-state index in [2.05, 4.69) is 0 Å². The molecule has 1 aliphatic rings. The Balaban J connectivity index is 3.48. The molecule has 112 valence electrons. The van der Waals surface area contributed by atoms with Gasteiger partial charge in [-0.3, -0.25) is 0 Å². The quantitative estimate of drug-likeness (QED) is 0.765. The molecule has 1 aliphatic carbocycles. The summed E-state index contributed by atoms with van der Waals surface area (Å²) in [7, 11) is 6.08. The van der Waals surface area contributed by atoms with Crippen LogP contribution in [0.15, 0.2) is 22.9 Å². The molecule has 1 N–H and O–H groups in total. The molecule has 0 spiro atoms. The monoisotopic (exact) mass is 283 g/mol. The molecule has 1 unspecified atom stereocenters. The molecule has 0 radical (unpaired) electrons. The highest BCUT2D eigenvalue weighted by Crippen LogP contribution is 2.27. The van der Waals surface area contributed by atoms with Gasteiger partial charge in [-0.15, -0.1) is 0 Å². The minimum Gasteiger partial charge on any atom is -0.465 e. The van der Waals surface area contributed by atoms with Gasteiger partial charge < -0.3 is 19.5 Å². The largest absolute Gasteiger partial charge is 0.465 e. The third kappa shape index (κ3) is 3.60. The van der Waals surface area contributed by atoms with Gasteiger partial charge in [-0.1, -0.05) is 0 Å². The summed E-state index contributed by atoms with van der Waals surface area (Å²) in [6.07, 6.45) is 2.38. The van der Waals surface area contributed by atoms with Crippen LogP contribution in [-0.4, -0.2) is 56.4 Å². The van der Waals surface area contributed by atoms with Crippen molar-refractivity contribution in [3.63, 3.8) is 0 Å². The SMILES string of the molecule is COC(=O)C1=C(\N(C)C)CCCC(O)/C=C\1C(=O)OC. The van der Waals surface area contributed by atoms with Gasteiger partial charge in [0.1, 0.15) is 0 Å². The van der Waals surface area contributed by atoms with Crippen molar-refractivity contribution in [2.45, 2.75) is 25.4 Å². The first-order valence-corrected chi connectivity index (χ1v) is 6.39. The number of rotatable bonds is 3. The molecule has 6 nitrogen and oxygen atoms in total. The van der Waals surface area contributed by atoms with Crippen molar-refractivity contribution < 1.29 is 24.2 Å². The number of ether oxygens (including phenoxy) is 2. The number of allylic oxidation sites excluding steroid dienone is 1. The summed E-state index contributed by atoms with van der Waals surface area (Å²) >= 11 is 0. The van der Waals surface area contributed by atoms with Crippen LogP contribution in [0.4, 0.5) is 0 Å². The Hall–Kier alpha value is -1.82. The van der Waals surface area contributed by atoms with E-state index in [1.54, 1.807) is 19.0 Å². The first-order chi connectivity index (χ1) is 9.42. The van der Waals surface area contributed by atoms with Crippen molar-refractivity contribution in [1.82, 2.24) is 4.90 Å². The third-order valence-electron chi connectivity index (χ3n) is 3.17. The van der Waals surface area contributed by atoms with E-state index < -0.39 is 18.0 Å². The van der Waals surface area contributed by atoms with Gasteiger partial charge in [0.2, 0.25) is 0 Å². The molecule has 0 fully saturated rings. The molecule has 0 saturated carbocycles. The molecular formula is C14H21NO5. The number of nitrogens with zero attached hydrogens (tertiary/aromatic N) is 1. The molecule has 0 aromatic rings. The first-order valence-electron chi connectivity index (χ1n) is 6.39. The molecule has 0 aromatic heterocycles. The van der Waals surface area contributed by atoms with Crippen LogP contribution in [0.25, 0.3) is 0 Å². The number of esters is 2. The Labute approximate surface area is 118 Å². The topological polar surface area (TPSA) is 76.1 Å². The fourth-order valence-electron chi connectivity index (χ4n) is 2.18. The van der Waals surface area contributed by atoms with Gasteiger partial charge in [0.15, 0.2) is 0 Å². The molecule has 1 rings (SSSR count). The highest BCUT2D eigenvalue weighted by atomic mass is 16.5. The zero-order chi connectivity index (χ0) is 15.3. The number of carbonyl (C=O) groups excluding carboxylic acids is 2. The molecule has 0 aromatic carbocycles. The third-order valence-corrected chi connectivity index (χ3v) is 3.17. The molecule has 0 bridgehead atoms. The Morgan fingerprint density at radius 1 is 1.25 bits per heavy atom. The van der Waals surface area contributed by atoms with Crippen molar-refractivity contribution in [2.24, 2.45) is 0 Å². The predicted molar refractivity (Wildman–Crippen MR) is 72.7 cm³/mol. The number of carbonyl (C=O) groups is 2. The highest BCUT2D eigenvalue weighted by Gasteiger charge is 2.29.